The molecule has 1 heterocycles. The minimum absolute atomic E-state index is 0.143. The van der Waals surface area contributed by atoms with E-state index in [0.717, 1.165) is 5.56 Å². The van der Waals surface area contributed by atoms with Crippen LogP contribution >= 0.6 is 0 Å². The Kier molecular flexibility index (Phi) is 1.63. The van der Waals surface area contributed by atoms with Gasteiger partial charge >= 0.3 is 0 Å². The molecule has 1 aromatic rings. The molecule has 1 aliphatic rings. The fourth-order valence-electron chi connectivity index (χ4n) is 1.47. The second-order valence-electron chi connectivity index (χ2n) is 2.90. The lowest BCUT2D eigenvalue weighted by Gasteiger charge is -2.02. The summed E-state index contributed by atoms with van der Waals surface area (Å²) >= 11 is 0. The molecule has 1 N–H and O–H groups in total. The smallest absolute Gasteiger partial charge is 0.182 e. The molecule has 0 amide bonds. The van der Waals surface area contributed by atoms with E-state index in [9.17, 15) is 9.50 Å². The lowest BCUT2D eigenvalue weighted by atomic mass is 10.1. The van der Waals surface area contributed by atoms with Gasteiger partial charge in [-0.25, -0.2) is 4.39 Å². The zero-order valence-corrected chi connectivity index (χ0v) is 6.62. The van der Waals surface area contributed by atoms with E-state index in [2.05, 4.69) is 0 Å². The Morgan fingerprint density at radius 3 is 2.92 bits per heavy atom. The zero-order chi connectivity index (χ0) is 8.72. The van der Waals surface area contributed by atoms with Gasteiger partial charge in [-0.3, -0.25) is 0 Å². The third kappa shape index (κ3) is 1.02. The van der Waals surface area contributed by atoms with E-state index in [1.807, 2.05) is 6.92 Å². The highest BCUT2D eigenvalue weighted by Crippen LogP contribution is 2.37. The average Bonchev–Trinajstić information content (AvgIpc) is 2.28. The standard InChI is InChI=1S/C9H9FO2/c1-5-7-3-2-6(10)4-8(7)9(11)12-5/h2-5,9,11H,1H3. The van der Waals surface area contributed by atoms with Crippen molar-refractivity contribution in [2.45, 2.75) is 19.3 Å². The van der Waals surface area contributed by atoms with Crippen molar-refractivity contribution in [2.24, 2.45) is 0 Å². The predicted molar refractivity (Wildman–Crippen MR) is 40.9 cm³/mol. The molecular weight excluding hydrogens is 159 g/mol. The van der Waals surface area contributed by atoms with Crippen molar-refractivity contribution in [3.05, 3.63) is 35.1 Å². The maximum atomic E-state index is 12.7. The first-order chi connectivity index (χ1) is 5.68. The van der Waals surface area contributed by atoms with Crippen LogP contribution < -0.4 is 0 Å². The molecular formula is C9H9FO2. The van der Waals surface area contributed by atoms with E-state index in [4.69, 9.17) is 4.74 Å². The number of fused-ring (bicyclic) bond motifs is 1. The second-order valence-corrected chi connectivity index (χ2v) is 2.90. The van der Waals surface area contributed by atoms with Gasteiger partial charge in [0.05, 0.1) is 6.10 Å². The molecule has 2 nitrogen and oxygen atoms in total. The second kappa shape index (κ2) is 2.54. The highest BCUT2D eigenvalue weighted by molar-refractivity contribution is 5.33. The molecule has 0 aliphatic carbocycles. The molecule has 2 rings (SSSR count). The molecule has 2 atom stereocenters. The van der Waals surface area contributed by atoms with Crippen molar-refractivity contribution in [1.82, 2.24) is 0 Å². The summed E-state index contributed by atoms with van der Waals surface area (Å²) in [5, 5.41) is 9.29. The maximum Gasteiger partial charge on any atom is 0.182 e. The topological polar surface area (TPSA) is 29.5 Å². The van der Waals surface area contributed by atoms with Crippen LogP contribution in [0.2, 0.25) is 0 Å². The van der Waals surface area contributed by atoms with Crippen LogP contribution in [-0.4, -0.2) is 5.11 Å². The quantitative estimate of drug-likeness (QED) is 0.641. The van der Waals surface area contributed by atoms with Crippen LogP contribution in [0.3, 0.4) is 0 Å². The van der Waals surface area contributed by atoms with E-state index in [-0.39, 0.29) is 11.9 Å². The van der Waals surface area contributed by atoms with Crippen LogP contribution in [0.15, 0.2) is 18.2 Å². The largest absolute Gasteiger partial charge is 0.364 e. The highest BCUT2D eigenvalue weighted by Gasteiger charge is 2.27. The van der Waals surface area contributed by atoms with E-state index in [0.29, 0.717) is 5.56 Å². The Bertz CT molecular complexity index is 311. The van der Waals surface area contributed by atoms with Gasteiger partial charge in [-0.05, 0) is 24.6 Å². The Morgan fingerprint density at radius 1 is 1.42 bits per heavy atom. The Labute approximate surface area is 69.6 Å². The normalized spacial score (nSPS) is 27.2. The Balaban J connectivity index is 2.53. The summed E-state index contributed by atoms with van der Waals surface area (Å²) in [4.78, 5) is 0. The van der Waals surface area contributed by atoms with Crippen molar-refractivity contribution in [2.75, 3.05) is 0 Å². The van der Waals surface area contributed by atoms with Crippen LogP contribution in [0.5, 0.6) is 0 Å². The van der Waals surface area contributed by atoms with Crippen molar-refractivity contribution >= 4 is 0 Å². The number of halogens is 1. The third-order valence-electron chi connectivity index (χ3n) is 2.09. The first-order valence-corrected chi connectivity index (χ1v) is 3.81. The van der Waals surface area contributed by atoms with Gasteiger partial charge in [0.25, 0.3) is 0 Å². The van der Waals surface area contributed by atoms with Gasteiger partial charge in [0.1, 0.15) is 5.82 Å². The highest BCUT2D eigenvalue weighted by atomic mass is 19.1. The summed E-state index contributed by atoms with van der Waals surface area (Å²) in [5.74, 6) is -0.342. The molecule has 0 spiro atoms. The zero-order valence-electron chi connectivity index (χ0n) is 6.62. The van der Waals surface area contributed by atoms with Crippen molar-refractivity contribution in [3.8, 4) is 0 Å². The van der Waals surface area contributed by atoms with Gasteiger partial charge in [0, 0.05) is 5.56 Å². The minimum atomic E-state index is -0.967. The monoisotopic (exact) mass is 168 g/mol. The summed E-state index contributed by atoms with van der Waals surface area (Å²) in [6, 6.07) is 4.33. The molecule has 12 heavy (non-hydrogen) atoms. The first kappa shape index (κ1) is 7.71. The number of rotatable bonds is 0. The van der Waals surface area contributed by atoms with E-state index < -0.39 is 6.29 Å². The van der Waals surface area contributed by atoms with Crippen molar-refractivity contribution < 1.29 is 14.2 Å². The van der Waals surface area contributed by atoms with E-state index >= 15 is 0 Å². The number of ether oxygens (including phenoxy) is 1. The molecule has 2 unspecified atom stereocenters. The number of benzene rings is 1. The van der Waals surface area contributed by atoms with Gasteiger partial charge in [-0.15, -0.1) is 0 Å². The average molecular weight is 168 g/mol. The number of hydrogen-bond donors (Lipinski definition) is 1. The predicted octanol–water partition coefficient (Wildman–Crippen LogP) is 1.91. The maximum absolute atomic E-state index is 12.7. The summed E-state index contributed by atoms with van der Waals surface area (Å²) < 4.78 is 17.8. The van der Waals surface area contributed by atoms with Gasteiger partial charge in [0.2, 0.25) is 0 Å². The van der Waals surface area contributed by atoms with Crippen LogP contribution in [0.25, 0.3) is 0 Å². The number of aliphatic hydroxyl groups is 1. The molecule has 64 valence electrons. The molecule has 1 aliphatic heterocycles. The lowest BCUT2D eigenvalue weighted by Crippen LogP contribution is -1.93. The Hall–Kier alpha value is -0.930. The molecule has 0 aromatic heterocycles. The first-order valence-electron chi connectivity index (χ1n) is 3.81. The van der Waals surface area contributed by atoms with E-state index in [1.54, 1.807) is 6.07 Å². The van der Waals surface area contributed by atoms with Crippen molar-refractivity contribution in [1.29, 1.82) is 0 Å². The summed E-state index contributed by atoms with van der Waals surface area (Å²) in [7, 11) is 0. The minimum Gasteiger partial charge on any atom is -0.364 e. The lowest BCUT2D eigenvalue weighted by molar-refractivity contribution is -0.115. The fraction of sp³-hybridized carbons (Fsp3) is 0.333. The van der Waals surface area contributed by atoms with E-state index in [1.165, 1.54) is 12.1 Å². The molecule has 0 bridgehead atoms. The SMILES string of the molecule is CC1OC(O)c2cc(F)ccc21. The van der Waals surface area contributed by atoms with Gasteiger partial charge in [-0.1, -0.05) is 6.07 Å². The molecule has 0 fully saturated rings. The summed E-state index contributed by atoms with van der Waals surface area (Å²) in [6.07, 6.45) is -1.11. The summed E-state index contributed by atoms with van der Waals surface area (Å²) in [6.45, 7) is 1.83. The van der Waals surface area contributed by atoms with Crippen LogP contribution in [-0.2, 0) is 4.74 Å². The van der Waals surface area contributed by atoms with Gasteiger partial charge < -0.3 is 9.84 Å². The summed E-state index contributed by atoms with van der Waals surface area (Å²) in [5.41, 5.74) is 1.41. The van der Waals surface area contributed by atoms with Crippen LogP contribution in [0, 0.1) is 5.82 Å². The molecule has 0 radical (unpaired) electrons. The van der Waals surface area contributed by atoms with Gasteiger partial charge in [-0.2, -0.15) is 0 Å². The molecule has 1 aromatic carbocycles. The third-order valence-corrected chi connectivity index (χ3v) is 2.09. The Morgan fingerprint density at radius 2 is 2.17 bits per heavy atom. The van der Waals surface area contributed by atoms with Crippen molar-refractivity contribution in [3.63, 3.8) is 0 Å². The fourth-order valence-corrected chi connectivity index (χ4v) is 1.47. The number of aliphatic hydroxyl groups excluding tert-OH is 1. The molecule has 3 heteroatoms. The molecule has 0 saturated carbocycles. The van der Waals surface area contributed by atoms with Crippen LogP contribution in [0.4, 0.5) is 4.39 Å². The van der Waals surface area contributed by atoms with Crippen LogP contribution in [0.1, 0.15) is 30.4 Å². The van der Waals surface area contributed by atoms with Gasteiger partial charge in [0.15, 0.2) is 6.29 Å². The molecule has 0 saturated heterocycles. The number of hydrogen-bond acceptors (Lipinski definition) is 2.